The number of nitrogens with zero attached hydrogens (tertiary/aromatic N) is 1. The molecule has 1 aromatic rings. The zero-order valence-corrected chi connectivity index (χ0v) is 9.69. The Kier molecular flexibility index (Phi) is 3.01. The molecule has 1 aromatic carbocycles. The summed E-state index contributed by atoms with van der Waals surface area (Å²) in [4.78, 5) is 4.67. The molecule has 0 amide bonds. The zero-order chi connectivity index (χ0) is 9.47. The van der Waals surface area contributed by atoms with Crippen LogP contribution in [0.1, 0.15) is 31.9 Å². The molecule has 0 saturated heterocycles. The smallest absolute Gasteiger partial charge is 0.0595 e. The third-order valence-electron chi connectivity index (χ3n) is 2.50. The second-order valence-corrected chi connectivity index (χ2v) is 4.34. The predicted molar refractivity (Wildman–Crippen MR) is 63.7 cm³/mol. The summed E-state index contributed by atoms with van der Waals surface area (Å²) in [6, 6.07) is 8.54. The monoisotopic (exact) mass is 209 g/mol. The maximum Gasteiger partial charge on any atom is 0.0595 e. The van der Waals surface area contributed by atoms with Crippen molar-refractivity contribution >= 4 is 18.1 Å². The first-order chi connectivity index (χ1) is 6.08. The van der Waals surface area contributed by atoms with Crippen LogP contribution in [0.3, 0.4) is 0 Å². The van der Waals surface area contributed by atoms with Crippen LogP contribution in [0.5, 0.6) is 0 Å². The fraction of sp³-hybridized carbons (Fsp3) is 0.417. The van der Waals surface area contributed by atoms with Gasteiger partial charge in [-0.3, -0.25) is 4.99 Å². The maximum atomic E-state index is 4.67. The molecule has 1 nitrogen and oxygen atoms in total. The van der Waals surface area contributed by atoms with Gasteiger partial charge in [-0.15, -0.1) is 12.4 Å². The van der Waals surface area contributed by atoms with E-state index in [9.17, 15) is 0 Å². The van der Waals surface area contributed by atoms with Gasteiger partial charge in [0.1, 0.15) is 0 Å². The highest BCUT2D eigenvalue weighted by atomic mass is 35.5. The number of rotatable bonds is 0. The van der Waals surface area contributed by atoms with Gasteiger partial charge in [-0.1, -0.05) is 24.3 Å². The second kappa shape index (κ2) is 3.74. The molecule has 0 spiro atoms. The van der Waals surface area contributed by atoms with E-state index in [2.05, 4.69) is 50.0 Å². The summed E-state index contributed by atoms with van der Waals surface area (Å²) in [7, 11) is 0. The van der Waals surface area contributed by atoms with E-state index in [0.29, 0.717) is 0 Å². The summed E-state index contributed by atoms with van der Waals surface area (Å²) in [5.74, 6) is 0. The molecule has 2 rings (SSSR count). The number of halogens is 1. The molecule has 2 heteroatoms. The predicted octanol–water partition coefficient (Wildman–Crippen LogP) is 3.25. The SMILES string of the molecule is CC1=NC(C)(C)Cc2ccccc21.Cl. The lowest BCUT2D eigenvalue weighted by Crippen LogP contribution is -2.27. The van der Waals surface area contributed by atoms with Crippen LogP contribution in [-0.4, -0.2) is 11.3 Å². The van der Waals surface area contributed by atoms with E-state index in [1.54, 1.807) is 0 Å². The second-order valence-electron chi connectivity index (χ2n) is 4.34. The van der Waals surface area contributed by atoms with Gasteiger partial charge in [0, 0.05) is 5.71 Å². The fourth-order valence-electron chi connectivity index (χ4n) is 2.05. The minimum Gasteiger partial charge on any atom is -0.283 e. The molecule has 1 aliphatic rings. The van der Waals surface area contributed by atoms with Gasteiger partial charge in [0.15, 0.2) is 0 Å². The molecule has 1 aliphatic heterocycles. The lowest BCUT2D eigenvalue weighted by atomic mass is 9.87. The van der Waals surface area contributed by atoms with Crippen LogP contribution in [0.4, 0.5) is 0 Å². The third kappa shape index (κ3) is 1.98. The fourth-order valence-corrected chi connectivity index (χ4v) is 2.05. The van der Waals surface area contributed by atoms with E-state index in [1.807, 2.05) is 0 Å². The Hall–Kier alpha value is -0.820. The standard InChI is InChI=1S/C12H15N.ClH/c1-9-11-7-5-4-6-10(11)8-12(2,3)13-9;/h4-7H,8H2,1-3H3;1H. The summed E-state index contributed by atoms with van der Waals surface area (Å²) in [5, 5.41) is 0. The van der Waals surface area contributed by atoms with E-state index in [1.165, 1.54) is 16.8 Å². The minimum atomic E-state index is 0. The van der Waals surface area contributed by atoms with Crippen molar-refractivity contribution < 1.29 is 0 Å². The van der Waals surface area contributed by atoms with Gasteiger partial charge < -0.3 is 0 Å². The Morgan fingerprint density at radius 1 is 1.21 bits per heavy atom. The van der Waals surface area contributed by atoms with Gasteiger partial charge in [-0.2, -0.15) is 0 Å². The molecule has 0 unspecified atom stereocenters. The lowest BCUT2D eigenvalue weighted by Gasteiger charge is -2.27. The van der Waals surface area contributed by atoms with E-state index >= 15 is 0 Å². The summed E-state index contributed by atoms with van der Waals surface area (Å²) < 4.78 is 0. The molecule has 1 heterocycles. The van der Waals surface area contributed by atoms with Crippen molar-refractivity contribution in [2.75, 3.05) is 0 Å². The molecule has 0 saturated carbocycles. The number of hydrogen-bond donors (Lipinski definition) is 0. The Morgan fingerprint density at radius 3 is 2.57 bits per heavy atom. The molecule has 0 bridgehead atoms. The molecular formula is C12H16ClN. The van der Waals surface area contributed by atoms with Crippen LogP contribution in [0.15, 0.2) is 29.3 Å². The molecule has 0 radical (unpaired) electrons. The molecule has 0 aliphatic carbocycles. The molecular weight excluding hydrogens is 194 g/mol. The van der Waals surface area contributed by atoms with Gasteiger partial charge in [0.25, 0.3) is 0 Å². The van der Waals surface area contributed by atoms with Crippen LogP contribution < -0.4 is 0 Å². The van der Waals surface area contributed by atoms with Gasteiger partial charge in [-0.25, -0.2) is 0 Å². The molecule has 76 valence electrons. The van der Waals surface area contributed by atoms with Crippen LogP contribution in [-0.2, 0) is 6.42 Å². The van der Waals surface area contributed by atoms with Gasteiger partial charge in [0.05, 0.1) is 5.54 Å². The topological polar surface area (TPSA) is 12.4 Å². The van der Waals surface area contributed by atoms with E-state index in [4.69, 9.17) is 0 Å². The van der Waals surface area contributed by atoms with Crippen LogP contribution in [0, 0.1) is 0 Å². The highest BCUT2D eigenvalue weighted by Gasteiger charge is 2.23. The first-order valence-electron chi connectivity index (χ1n) is 4.73. The quantitative estimate of drug-likeness (QED) is 0.622. The van der Waals surface area contributed by atoms with Crippen LogP contribution in [0.25, 0.3) is 0 Å². The Morgan fingerprint density at radius 2 is 1.86 bits per heavy atom. The van der Waals surface area contributed by atoms with Crippen LogP contribution in [0.2, 0.25) is 0 Å². The van der Waals surface area contributed by atoms with Gasteiger partial charge >= 0.3 is 0 Å². The van der Waals surface area contributed by atoms with Crippen molar-refractivity contribution in [1.29, 1.82) is 0 Å². The Labute approximate surface area is 91.7 Å². The highest BCUT2D eigenvalue weighted by molar-refractivity contribution is 6.01. The Bertz CT molecular complexity index is 366. The van der Waals surface area contributed by atoms with Crippen LogP contribution >= 0.6 is 12.4 Å². The number of aliphatic imine (C=N–C) groups is 1. The molecule has 0 atom stereocenters. The van der Waals surface area contributed by atoms with E-state index in [-0.39, 0.29) is 17.9 Å². The molecule has 14 heavy (non-hydrogen) atoms. The lowest BCUT2D eigenvalue weighted by molar-refractivity contribution is 0.513. The normalized spacial score (nSPS) is 17.8. The van der Waals surface area contributed by atoms with E-state index < -0.39 is 0 Å². The van der Waals surface area contributed by atoms with E-state index in [0.717, 1.165) is 6.42 Å². The molecule has 0 fully saturated rings. The highest BCUT2D eigenvalue weighted by Crippen LogP contribution is 2.26. The largest absolute Gasteiger partial charge is 0.283 e. The van der Waals surface area contributed by atoms with Crippen molar-refractivity contribution in [2.24, 2.45) is 4.99 Å². The average molecular weight is 210 g/mol. The summed E-state index contributed by atoms with van der Waals surface area (Å²) in [6.45, 7) is 6.47. The van der Waals surface area contributed by atoms with Crippen molar-refractivity contribution in [3.8, 4) is 0 Å². The van der Waals surface area contributed by atoms with Crippen molar-refractivity contribution in [3.05, 3.63) is 35.4 Å². The first kappa shape index (κ1) is 11.3. The zero-order valence-electron chi connectivity index (χ0n) is 8.87. The number of hydrogen-bond acceptors (Lipinski definition) is 1. The van der Waals surface area contributed by atoms with Crippen molar-refractivity contribution in [3.63, 3.8) is 0 Å². The van der Waals surface area contributed by atoms with Crippen molar-refractivity contribution in [1.82, 2.24) is 0 Å². The third-order valence-corrected chi connectivity index (χ3v) is 2.50. The minimum absolute atomic E-state index is 0. The Balaban J connectivity index is 0.000000980. The molecule has 0 N–H and O–H groups in total. The number of fused-ring (bicyclic) bond motifs is 1. The summed E-state index contributed by atoms with van der Waals surface area (Å²) >= 11 is 0. The van der Waals surface area contributed by atoms with Gasteiger partial charge in [0.2, 0.25) is 0 Å². The summed E-state index contributed by atoms with van der Waals surface area (Å²) in [6.07, 6.45) is 1.06. The molecule has 0 aromatic heterocycles. The van der Waals surface area contributed by atoms with Crippen molar-refractivity contribution in [2.45, 2.75) is 32.7 Å². The first-order valence-corrected chi connectivity index (χ1v) is 4.73. The average Bonchev–Trinajstić information content (AvgIpc) is 2.02. The number of benzene rings is 1. The van der Waals surface area contributed by atoms with Gasteiger partial charge in [-0.05, 0) is 38.3 Å². The maximum absolute atomic E-state index is 4.67. The summed E-state index contributed by atoms with van der Waals surface area (Å²) in [5.41, 5.74) is 4.01.